The predicted molar refractivity (Wildman–Crippen MR) is 194 cm³/mol. The summed E-state index contributed by atoms with van der Waals surface area (Å²) < 4.78 is 44.3. The number of methoxy groups -OCH3 is 2. The number of rotatable bonds is 8. The van der Waals surface area contributed by atoms with Gasteiger partial charge < -0.3 is 63.8 Å². The molecule has 3 saturated heterocycles. The lowest BCUT2D eigenvalue weighted by atomic mass is 9.77. The van der Waals surface area contributed by atoms with Gasteiger partial charge >= 0.3 is 5.97 Å². The van der Waals surface area contributed by atoms with Crippen molar-refractivity contribution < 1.29 is 58.4 Å². The van der Waals surface area contributed by atoms with Crippen LogP contribution in [0.2, 0.25) is 0 Å². The van der Waals surface area contributed by atoms with Crippen LogP contribution in [-0.4, -0.2) is 156 Å². The van der Waals surface area contributed by atoms with E-state index in [1.165, 1.54) is 14.0 Å². The molecule has 3 aliphatic rings. The van der Waals surface area contributed by atoms with Crippen molar-refractivity contribution >= 4 is 5.97 Å². The Hall–Kier alpha value is -1.01. The van der Waals surface area contributed by atoms with Crippen molar-refractivity contribution in [3.63, 3.8) is 0 Å². The first-order valence-electron chi connectivity index (χ1n) is 19.2. The van der Waals surface area contributed by atoms with Gasteiger partial charge in [0.15, 0.2) is 12.6 Å². The molecule has 0 aromatic heterocycles. The number of cyclic esters (lactones) is 1. The monoisotopic (exact) mass is 749 g/mol. The second kappa shape index (κ2) is 18.3. The Balaban J connectivity index is 2.19. The lowest BCUT2D eigenvalue weighted by molar-refractivity contribution is -0.319. The highest BCUT2D eigenvalue weighted by Gasteiger charge is 2.53. The number of hydrogen-bond acceptors (Lipinski definition) is 14. The minimum absolute atomic E-state index is 0.0262. The summed E-state index contributed by atoms with van der Waals surface area (Å²) in [5.74, 6) is -2.24. The molecule has 0 bridgehead atoms. The molecular weight excluding hydrogens is 676 g/mol. The summed E-state index contributed by atoms with van der Waals surface area (Å²) in [6.07, 6.45) is -7.25. The van der Waals surface area contributed by atoms with Gasteiger partial charge in [0.25, 0.3) is 0 Å². The summed E-state index contributed by atoms with van der Waals surface area (Å²) in [5, 5.41) is 48.9. The van der Waals surface area contributed by atoms with E-state index in [4.69, 9.17) is 33.2 Å². The van der Waals surface area contributed by atoms with Gasteiger partial charge in [-0.1, -0.05) is 20.8 Å². The lowest BCUT2D eigenvalue weighted by Gasteiger charge is -2.49. The molecule has 0 spiro atoms. The molecule has 3 aliphatic heterocycles. The first kappa shape index (κ1) is 45.4. The van der Waals surface area contributed by atoms with Crippen LogP contribution in [0.25, 0.3) is 0 Å². The summed E-state index contributed by atoms with van der Waals surface area (Å²) in [5.41, 5.74) is -3.79. The number of nitrogens with zero attached hydrogens (tertiary/aromatic N) is 1. The van der Waals surface area contributed by atoms with E-state index in [0.717, 1.165) is 0 Å². The number of ether oxygens (including phenoxy) is 7. The maximum absolute atomic E-state index is 14.2. The fraction of sp³-hybridized carbons (Fsp3) is 0.974. The number of esters is 1. The first-order valence-corrected chi connectivity index (χ1v) is 19.2. The van der Waals surface area contributed by atoms with E-state index in [2.05, 4.69) is 12.2 Å². The van der Waals surface area contributed by atoms with Crippen molar-refractivity contribution in [2.75, 3.05) is 34.9 Å². The van der Waals surface area contributed by atoms with Crippen LogP contribution in [0.1, 0.15) is 94.9 Å². The average Bonchev–Trinajstić information content (AvgIpc) is 3.08. The summed E-state index contributed by atoms with van der Waals surface area (Å²) in [4.78, 5) is 16.2. The summed E-state index contributed by atoms with van der Waals surface area (Å²) >= 11 is 0. The number of hydrogen-bond donors (Lipinski definition) is 5. The second-order valence-electron chi connectivity index (χ2n) is 16.8. The predicted octanol–water partition coefficient (Wildman–Crippen LogP) is 2.21. The molecule has 0 aromatic rings. The van der Waals surface area contributed by atoms with E-state index in [1.54, 1.807) is 41.7 Å². The van der Waals surface area contributed by atoms with Crippen LogP contribution in [0, 0.1) is 17.8 Å². The van der Waals surface area contributed by atoms with E-state index in [9.17, 15) is 25.2 Å². The smallest absolute Gasteiger partial charge is 0.311 e. The highest BCUT2D eigenvalue weighted by Crippen LogP contribution is 2.41. The highest BCUT2D eigenvalue weighted by molar-refractivity contribution is 5.73. The van der Waals surface area contributed by atoms with Crippen LogP contribution < -0.4 is 5.32 Å². The summed E-state index contributed by atoms with van der Waals surface area (Å²) in [6.45, 7) is 18.6. The van der Waals surface area contributed by atoms with Crippen molar-refractivity contribution in [1.82, 2.24) is 10.2 Å². The fourth-order valence-corrected chi connectivity index (χ4v) is 8.53. The Morgan fingerprint density at radius 3 is 2.08 bits per heavy atom. The molecular formula is C38H72N2O12. The molecule has 306 valence electrons. The fourth-order valence-electron chi connectivity index (χ4n) is 8.53. The van der Waals surface area contributed by atoms with Gasteiger partial charge in [-0.25, -0.2) is 0 Å². The van der Waals surface area contributed by atoms with E-state index in [1.807, 2.05) is 39.8 Å². The molecule has 0 aliphatic carbocycles. The van der Waals surface area contributed by atoms with E-state index >= 15 is 0 Å². The Bertz CT molecular complexity index is 1130. The number of aliphatic hydroxyl groups is 4. The Kier molecular flexibility index (Phi) is 16.0. The van der Waals surface area contributed by atoms with Crippen LogP contribution in [0.15, 0.2) is 0 Å². The highest BCUT2D eigenvalue weighted by atomic mass is 16.7. The van der Waals surface area contributed by atoms with Gasteiger partial charge in [0.05, 0.1) is 41.5 Å². The van der Waals surface area contributed by atoms with Crippen molar-refractivity contribution in [2.45, 2.75) is 185 Å². The maximum Gasteiger partial charge on any atom is 0.311 e. The maximum atomic E-state index is 14.2. The minimum Gasteiger partial charge on any atom is -0.459 e. The van der Waals surface area contributed by atoms with Gasteiger partial charge in [0, 0.05) is 38.6 Å². The molecule has 14 nitrogen and oxygen atoms in total. The van der Waals surface area contributed by atoms with Crippen molar-refractivity contribution in [3.05, 3.63) is 0 Å². The third-order valence-electron chi connectivity index (χ3n) is 12.2. The van der Waals surface area contributed by atoms with Crippen LogP contribution >= 0.6 is 0 Å². The molecule has 0 saturated carbocycles. The lowest BCUT2D eigenvalue weighted by Crippen LogP contribution is -2.61. The second-order valence-corrected chi connectivity index (χ2v) is 16.8. The zero-order chi connectivity index (χ0) is 39.5. The Morgan fingerprint density at radius 2 is 1.52 bits per heavy atom. The molecule has 5 N–H and O–H groups in total. The molecule has 0 aromatic carbocycles. The molecule has 11 unspecified atom stereocenters. The zero-order valence-corrected chi connectivity index (χ0v) is 34.2. The summed E-state index contributed by atoms with van der Waals surface area (Å²) in [6, 6.07) is -0.777. The molecule has 0 amide bonds. The Labute approximate surface area is 312 Å². The standard InChI is InChI=1S/C38H72N2O12/c1-15-27-38(10,45)31(42)24(6)39-19-20(2)17-37(9,47-14)33(52-35-29(41)26(40(11)12)16-21(3)48-35)22(4)30(23(5)34(44)50-27)51-28-18-36(8,46-13)32(43)25(7)49-28/h20-33,35,39,41-43,45H,15-19H2,1-14H3/t20-,21-,22+,23-,24-,25+,26?,27-,28?,29?,30?,31?,32?,33?,35?,36?,37?,38?/m1/s1. The van der Waals surface area contributed by atoms with Gasteiger partial charge in [-0.2, -0.15) is 0 Å². The van der Waals surface area contributed by atoms with E-state index < -0.39 is 96.0 Å². The van der Waals surface area contributed by atoms with Crippen LogP contribution in [0.5, 0.6) is 0 Å². The van der Waals surface area contributed by atoms with Gasteiger partial charge in [-0.3, -0.25) is 4.79 Å². The average molecular weight is 749 g/mol. The number of aliphatic hydroxyl groups excluding tert-OH is 3. The van der Waals surface area contributed by atoms with Gasteiger partial charge in [0.1, 0.15) is 30.0 Å². The molecule has 52 heavy (non-hydrogen) atoms. The quantitative estimate of drug-likeness (QED) is 0.228. The molecule has 18 atom stereocenters. The van der Waals surface area contributed by atoms with Crippen LogP contribution in [0.3, 0.4) is 0 Å². The first-order chi connectivity index (χ1) is 24.1. The Morgan fingerprint density at radius 1 is 0.904 bits per heavy atom. The van der Waals surface area contributed by atoms with Gasteiger partial charge in [-0.15, -0.1) is 0 Å². The number of carbonyl (C=O) groups is 1. The van der Waals surface area contributed by atoms with Gasteiger partial charge in [0.2, 0.25) is 0 Å². The van der Waals surface area contributed by atoms with E-state index in [0.29, 0.717) is 19.4 Å². The largest absolute Gasteiger partial charge is 0.459 e. The number of carbonyl (C=O) groups excluding carboxylic acids is 1. The third-order valence-corrected chi connectivity index (χ3v) is 12.2. The molecule has 14 heteroatoms. The molecule has 3 rings (SSSR count). The minimum atomic E-state index is -1.78. The normalized spacial score (nSPS) is 49.2. The van der Waals surface area contributed by atoms with E-state index in [-0.39, 0.29) is 30.9 Å². The van der Waals surface area contributed by atoms with Crippen molar-refractivity contribution in [1.29, 1.82) is 0 Å². The molecule has 0 radical (unpaired) electrons. The topological polar surface area (TPSA) is 178 Å². The number of likely N-dealkylation sites (N-methyl/N-ethyl adjacent to an activating group) is 1. The SMILES string of the molecule is CC[C@H]1OC(=O)[C@H](C)C(OC2CC(C)(OC)C(O)[C@H](C)O2)[C@H](C)C(OC2O[C@H](C)CC(N(C)C)C2O)C(C)(OC)C[C@@H](C)CN[C@H](C)C(O)C1(C)O. The van der Waals surface area contributed by atoms with Crippen LogP contribution in [0.4, 0.5) is 0 Å². The summed E-state index contributed by atoms with van der Waals surface area (Å²) in [7, 11) is 6.96. The van der Waals surface area contributed by atoms with Gasteiger partial charge in [-0.05, 0) is 94.3 Å². The molecule has 3 fully saturated rings. The zero-order valence-electron chi connectivity index (χ0n) is 34.2. The van der Waals surface area contributed by atoms with Crippen molar-refractivity contribution in [3.8, 4) is 0 Å². The number of nitrogens with one attached hydrogen (secondary N) is 1. The van der Waals surface area contributed by atoms with Crippen LogP contribution in [-0.2, 0) is 38.0 Å². The third kappa shape index (κ3) is 10.0. The van der Waals surface area contributed by atoms with Crippen molar-refractivity contribution in [2.24, 2.45) is 17.8 Å². The molecule has 3 heterocycles.